The molecule has 1 heteroatoms. The molecule has 1 N–H and O–H groups in total. The Balaban J connectivity index is 2.53. The van der Waals surface area contributed by atoms with Crippen LogP contribution in [0.25, 0.3) is 11.1 Å². The Hall–Kier alpha value is -1.60. The summed E-state index contributed by atoms with van der Waals surface area (Å²) in [4.78, 5) is 0. The predicted molar refractivity (Wildman–Crippen MR) is 67.3 cm³/mol. The minimum Gasteiger partial charge on any atom is -0.392 e. The maximum Gasteiger partial charge on any atom is 0.0681 e. The zero-order valence-corrected chi connectivity index (χ0v) is 9.70. The first-order valence-electron chi connectivity index (χ1n) is 5.49. The molecule has 0 heterocycles. The third kappa shape index (κ3) is 2.00. The first-order valence-corrected chi connectivity index (χ1v) is 5.49. The first-order chi connectivity index (χ1) is 7.72. The monoisotopic (exact) mass is 212 g/mol. The van der Waals surface area contributed by atoms with Crippen molar-refractivity contribution in [3.05, 3.63) is 59.2 Å². The number of aliphatic hydroxyl groups is 1. The molecule has 0 unspecified atom stereocenters. The molecule has 0 amide bonds. The van der Waals surface area contributed by atoms with Crippen molar-refractivity contribution in [2.24, 2.45) is 0 Å². The van der Waals surface area contributed by atoms with Crippen LogP contribution in [0.4, 0.5) is 0 Å². The van der Waals surface area contributed by atoms with Gasteiger partial charge < -0.3 is 5.11 Å². The Morgan fingerprint density at radius 3 is 2.19 bits per heavy atom. The largest absolute Gasteiger partial charge is 0.392 e. The van der Waals surface area contributed by atoms with E-state index in [4.69, 9.17) is 5.11 Å². The van der Waals surface area contributed by atoms with E-state index in [1.807, 2.05) is 12.1 Å². The zero-order valence-electron chi connectivity index (χ0n) is 9.70. The number of aliphatic hydroxyl groups excluding tert-OH is 1. The summed E-state index contributed by atoms with van der Waals surface area (Å²) in [5.41, 5.74) is 5.97. The van der Waals surface area contributed by atoms with Gasteiger partial charge in [0.2, 0.25) is 0 Å². The van der Waals surface area contributed by atoms with E-state index in [2.05, 4.69) is 44.2 Å². The number of benzene rings is 2. The molecule has 1 nitrogen and oxygen atoms in total. The van der Waals surface area contributed by atoms with Gasteiger partial charge >= 0.3 is 0 Å². The van der Waals surface area contributed by atoms with Crippen molar-refractivity contribution in [3.8, 4) is 11.1 Å². The molecule has 0 aromatic heterocycles. The van der Waals surface area contributed by atoms with Crippen LogP contribution in [-0.4, -0.2) is 5.11 Å². The molecule has 0 radical (unpaired) electrons. The summed E-state index contributed by atoms with van der Waals surface area (Å²) in [5.74, 6) is 0. The highest BCUT2D eigenvalue weighted by atomic mass is 16.3. The van der Waals surface area contributed by atoms with Crippen molar-refractivity contribution in [2.45, 2.75) is 20.5 Å². The standard InChI is InChI=1S/C15H16O/c1-11-5-3-4-6-14(11)15-8-7-13(10-16)9-12(15)2/h3-9,16H,10H2,1-2H3. The van der Waals surface area contributed by atoms with Crippen molar-refractivity contribution in [1.82, 2.24) is 0 Å². The SMILES string of the molecule is Cc1ccccc1-c1ccc(CO)cc1C. The lowest BCUT2D eigenvalue weighted by molar-refractivity contribution is 0.282. The van der Waals surface area contributed by atoms with Gasteiger partial charge in [0.15, 0.2) is 0 Å². The normalized spacial score (nSPS) is 10.4. The summed E-state index contributed by atoms with van der Waals surface area (Å²) in [7, 11) is 0. The first kappa shape index (κ1) is 10.9. The molecule has 0 fully saturated rings. The van der Waals surface area contributed by atoms with Gasteiger partial charge in [0.1, 0.15) is 0 Å². The lowest BCUT2D eigenvalue weighted by atomic mass is 9.95. The molecule has 2 rings (SSSR count). The van der Waals surface area contributed by atoms with E-state index < -0.39 is 0 Å². The topological polar surface area (TPSA) is 20.2 Å². The highest BCUT2D eigenvalue weighted by Gasteiger charge is 2.04. The lowest BCUT2D eigenvalue weighted by Gasteiger charge is -2.10. The summed E-state index contributed by atoms with van der Waals surface area (Å²) in [6, 6.07) is 14.5. The Labute approximate surface area is 96.4 Å². The van der Waals surface area contributed by atoms with Gasteiger partial charge in [-0.2, -0.15) is 0 Å². The predicted octanol–water partition coefficient (Wildman–Crippen LogP) is 3.46. The van der Waals surface area contributed by atoms with Crippen molar-refractivity contribution in [2.75, 3.05) is 0 Å². The van der Waals surface area contributed by atoms with Gasteiger partial charge in [0.05, 0.1) is 6.61 Å². The summed E-state index contributed by atoms with van der Waals surface area (Å²) < 4.78 is 0. The fraction of sp³-hybridized carbons (Fsp3) is 0.200. The molecule has 82 valence electrons. The van der Waals surface area contributed by atoms with Crippen LogP contribution in [0, 0.1) is 13.8 Å². The van der Waals surface area contributed by atoms with E-state index in [1.54, 1.807) is 0 Å². The van der Waals surface area contributed by atoms with E-state index in [-0.39, 0.29) is 6.61 Å². The van der Waals surface area contributed by atoms with Gasteiger partial charge in [0, 0.05) is 0 Å². The van der Waals surface area contributed by atoms with Gasteiger partial charge in [0.25, 0.3) is 0 Å². The van der Waals surface area contributed by atoms with Crippen LogP contribution in [-0.2, 0) is 6.61 Å². The van der Waals surface area contributed by atoms with Crippen molar-refractivity contribution in [3.63, 3.8) is 0 Å². The van der Waals surface area contributed by atoms with E-state index in [0.29, 0.717) is 0 Å². The van der Waals surface area contributed by atoms with Crippen molar-refractivity contribution in [1.29, 1.82) is 0 Å². The third-order valence-electron chi connectivity index (χ3n) is 2.91. The summed E-state index contributed by atoms with van der Waals surface area (Å²) in [6.45, 7) is 4.31. The maximum absolute atomic E-state index is 9.08. The highest BCUT2D eigenvalue weighted by Crippen LogP contribution is 2.26. The van der Waals surface area contributed by atoms with Gasteiger partial charge in [-0.1, -0.05) is 42.5 Å². The second kappa shape index (κ2) is 4.50. The number of hydrogen-bond acceptors (Lipinski definition) is 1. The fourth-order valence-corrected chi connectivity index (χ4v) is 2.00. The fourth-order valence-electron chi connectivity index (χ4n) is 2.00. The van der Waals surface area contributed by atoms with E-state index in [9.17, 15) is 0 Å². The van der Waals surface area contributed by atoms with E-state index >= 15 is 0 Å². The second-order valence-corrected chi connectivity index (χ2v) is 4.12. The van der Waals surface area contributed by atoms with Crippen LogP contribution < -0.4 is 0 Å². The van der Waals surface area contributed by atoms with Crippen molar-refractivity contribution < 1.29 is 5.11 Å². The van der Waals surface area contributed by atoms with Crippen LogP contribution in [0.15, 0.2) is 42.5 Å². The number of hydrogen-bond donors (Lipinski definition) is 1. The Kier molecular flexibility index (Phi) is 3.07. The summed E-state index contributed by atoms with van der Waals surface area (Å²) >= 11 is 0. The average Bonchev–Trinajstić information content (AvgIpc) is 2.30. The number of aryl methyl sites for hydroxylation is 2. The molecule has 0 aliphatic heterocycles. The molecule has 0 atom stereocenters. The molecule has 0 saturated carbocycles. The summed E-state index contributed by atoms with van der Waals surface area (Å²) in [5, 5.41) is 9.08. The van der Waals surface area contributed by atoms with Crippen LogP contribution in [0.2, 0.25) is 0 Å². The van der Waals surface area contributed by atoms with Gasteiger partial charge in [-0.05, 0) is 41.7 Å². The minimum atomic E-state index is 0.106. The summed E-state index contributed by atoms with van der Waals surface area (Å²) in [6.07, 6.45) is 0. The third-order valence-corrected chi connectivity index (χ3v) is 2.91. The van der Waals surface area contributed by atoms with Gasteiger partial charge in [-0.25, -0.2) is 0 Å². The van der Waals surface area contributed by atoms with E-state index in [0.717, 1.165) is 5.56 Å². The molecule has 0 spiro atoms. The van der Waals surface area contributed by atoms with Gasteiger partial charge in [-0.15, -0.1) is 0 Å². The molecule has 0 saturated heterocycles. The van der Waals surface area contributed by atoms with E-state index in [1.165, 1.54) is 22.3 Å². The highest BCUT2D eigenvalue weighted by molar-refractivity contribution is 5.70. The average molecular weight is 212 g/mol. The van der Waals surface area contributed by atoms with Gasteiger partial charge in [-0.3, -0.25) is 0 Å². The molecule has 2 aromatic rings. The van der Waals surface area contributed by atoms with Crippen LogP contribution >= 0.6 is 0 Å². The van der Waals surface area contributed by atoms with Crippen LogP contribution in [0.5, 0.6) is 0 Å². The Morgan fingerprint density at radius 2 is 1.56 bits per heavy atom. The van der Waals surface area contributed by atoms with Crippen LogP contribution in [0.1, 0.15) is 16.7 Å². The molecule has 0 aliphatic carbocycles. The molecule has 0 bridgehead atoms. The second-order valence-electron chi connectivity index (χ2n) is 4.12. The molecule has 0 aliphatic rings. The van der Waals surface area contributed by atoms with Crippen LogP contribution in [0.3, 0.4) is 0 Å². The minimum absolute atomic E-state index is 0.106. The Bertz CT molecular complexity index is 501. The lowest BCUT2D eigenvalue weighted by Crippen LogP contribution is -1.90. The van der Waals surface area contributed by atoms with Crippen molar-refractivity contribution >= 4 is 0 Å². The number of rotatable bonds is 2. The molecule has 2 aromatic carbocycles. The Morgan fingerprint density at radius 1 is 0.875 bits per heavy atom. The smallest absolute Gasteiger partial charge is 0.0681 e. The molecular formula is C15H16O. The molecular weight excluding hydrogens is 196 g/mol. The quantitative estimate of drug-likeness (QED) is 0.808. The zero-order chi connectivity index (χ0) is 11.5. The maximum atomic E-state index is 9.08. The molecule has 16 heavy (non-hydrogen) atoms.